The van der Waals surface area contributed by atoms with Crippen LogP contribution in [0.15, 0.2) is 107 Å². The Morgan fingerprint density at radius 3 is 2.06 bits per heavy atom. The van der Waals surface area contributed by atoms with Crippen LogP contribution in [0, 0.1) is 10.1 Å². The molecular weight excluding hydrogens is 456 g/mol. The van der Waals surface area contributed by atoms with Crippen LogP contribution in [-0.4, -0.2) is 11.5 Å². The van der Waals surface area contributed by atoms with E-state index in [4.69, 9.17) is 4.74 Å². The maximum Gasteiger partial charge on any atom is 0.270 e. The number of nitro benzene ring substituents is 1. The highest BCUT2D eigenvalue weighted by molar-refractivity contribution is 7.99. The number of ether oxygens (including phenoxy) is 1. The highest BCUT2D eigenvalue weighted by atomic mass is 32.2. The van der Waals surface area contributed by atoms with E-state index in [0.29, 0.717) is 13.2 Å². The van der Waals surface area contributed by atoms with Crippen molar-refractivity contribution in [1.82, 2.24) is 0 Å². The molecular formula is C29H24N2O3S. The van der Waals surface area contributed by atoms with Gasteiger partial charge in [0, 0.05) is 34.2 Å². The number of nitro groups is 1. The molecule has 6 heteroatoms. The molecule has 5 rings (SSSR count). The van der Waals surface area contributed by atoms with Gasteiger partial charge in [-0.05, 0) is 64.4 Å². The Kier molecular flexibility index (Phi) is 6.55. The second kappa shape index (κ2) is 10.1. The lowest BCUT2D eigenvalue weighted by Gasteiger charge is -2.17. The van der Waals surface area contributed by atoms with Crippen molar-refractivity contribution in [2.24, 2.45) is 0 Å². The van der Waals surface area contributed by atoms with Gasteiger partial charge in [0.1, 0.15) is 5.75 Å². The number of hydrogen-bond acceptors (Lipinski definition) is 5. The van der Waals surface area contributed by atoms with Crippen molar-refractivity contribution in [3.05, 3.63) is 113 Å². The molecule has 0 saturated heterocycles. The minimum Gasteiger partial charge on any atom is -0.494 e. The average Bonchev–Trinajstić information content (AvgIpc) is 2.89. The van der Waals surface area contributed by atoms with E-state index in [1.54, 1.807) is 23.9 Å². The van der Waals surface area contributed by atoms with Crippen molar-refractivity contribution < 1.29 is 9.66 Å². The lowest BCUT2D eigenvalue weighted by atomic mass is 9.96. The SMILES string of the molecule is CCOc1ccc(NCc2c3ccccc3c(Sc3cccc([N+](=O)[O-])c3)c3ccccc23)cc1. The van der Waals surface area contributed by atoms with Crippen LogP contribution in [0.4, 0.5) is 11.4 Å². The van der Waals surface area contributed by atoms with E-state index in [0.717, 1.165) is 42.8 Å². The van der Waals surface area contributed by atoms with Gasteiger partial charge in [-0.1, -0.05) is 66.4 Å². The fourth-order valence-electron chi connectivity index (χ4n) is 4.28. The molecule has 0 atom stereocenters. The van der Waals surface area contributed by atoms with Gasteiger partial charge < -0.3 is 10.1 Å². The third kappa shape index (κ3) is 4.79. The molecule has 0 radical (unpaired) electrons. The van der Waals surface area contributed by atoms with Gasteiger partial charge >= 0.3 is 0 Å². The highest BCUT2D eigenvalue weighted by Crippen LogP contribution is 2.42. The van der Waals surface area contributed by atoms with Crippen LogP contribution in [0.1, 0.15) is 12.5 Å². The van der Waals surface area contributed by atoms with Crippen molar-refractivity contribution in [3.8, 4) is 5.75 Å². The summed E-state index contributed by atoms with van der Waals surface area (Å²) in [6.07, 6.45) is 0. The maximum atomic E-state index is 11.3. The van der Waals surface area contributed by atoms with Crippen molar-refractivity contribution in [2.75, 3.05) is 11.9 Å². The Bertz CT molecular complexity index is 1460. The average molecular weight is 481 g/mol. The van der Waals surface area contributed by atoms with E-state index in [1.807, 2.05) is 49.4 Å². The summed E-state index contributed by atoms with van der Waals surface area (Å²) in [7, 11) is 0. The van der Waals surface area contributed by atoms with Crippen LogP contribution >= 0.6 is 11.8 Å². The molecule has 0 heterocycles. The molecule has 5 aromatic carbocycles. The lowest BCUT2D eigenvalue weighted by molar-refractivity contribution is -0.385. The topological polar surface area (TPSA) is 64.4 Å². The Labute approximate surface area is 207 Å². The first kappa shape index (κ1) is 22.7. The summed E-state index contributed by atoms with van der Waals surface area (Å²) in [4.78, 5) is 12.9. The van der Waals surface area contributed by atoms with E-state index in [1.165, 1.54) is 11.6 Å². The number of non-ortho nitro benzene ring substituents is 1. The smallest absolute Gasteiger partial charge is 0.270 e. The van der Waals surface area contributed by atoms with Crippen LogP contribution in [0.3, 0.4) is 0 Å². The number of nitrogens with zero attached hydrogens (tertiary/aromatic N) is 1. The van der Waals surface area contributed by atoms with E-state index >= 15 is 0 Å². The van der Waals surface area contributed by atoms with Gasteiger partial charge in [0.15, 0.2) is 0 Å². The number of fused-ring (bicyclic) bond motifs is 2. The van der Waals surface area contributed by atoms with Crippen molar-refractivity contribution in [3.63, 3.8) is 0 Å². The first-order valence-electron chi connectivity index (χ1n) is 11.5. The molecule has 35 heavy (non-hydrogen) atoms. The Hall–Kier alpha value is -4.03. The fourth-order valence-corrected chi connectivity index (χ4v) is 5.42. The molecule has 0 unspecified atom stereocenters. The Morgan fingerprint density at radius 1 is 0.829 bits per heavy atom. The van der Waals surface area contributed by atoms with Gasteiger partial charge in [0.05, 0.1) is 11.5 Å². The monoisotopic (exact) mass is 480 g/mol. The molecule has 5 aromatic rings. The normalized spacial score (nSPS) is 11.0. The summed E-state index contributed by atoms with van der Waals surface area (Å²) in [6.45, 7) is 3.28. The predicted molar refractivity (Wildman–Crippen MR) is 144 cm³/mol. The van der Waals surface area contributed by atoms with Crippen LogP contribution < -0.4 is 10.1 Å². The number of rotatable bonds is 8. The molecule has 0 aliphatic carbocycles. The molecule has 0 saturated carbocycles. The van der Waals surface area contributed by atoms with Gasteiger partial charge in [0.2, 0.25) is 0 Å². The summed E-state index contributed by atoms with van der Waals surface area (Å²) in [6, 6.07) is 31.6. The minimum absolute atomic E-state index is 0.0970. The van der Waals surface area contributed by atoms with Crippen LogP contribution in [-0.2, 0) is 6.54 Å². The second-order valence-electron chi connectivity index (χ2n) is 8.07. The number of hydrogen-bond donors (Lipinski definition) is 1. The minimum atomic E-state index is -0.351. The zero-order valence-electron chi connectivity index (χ0n) is 19.2. The molecule has 1 N–H and O–H groups in total. The zero-order valence-corrected chi connectivity index (χ0v) is 20.0. The number of benzene rings is 5. The molecule has 5 nitrogen and oxygen atoms in total. The van der Waals surface area contributed by atoms with E-state index < -0.39 is 0 Å². The van der Waals surface area contributed by atoms with Crippen molar-refractivity contribution >= 4 is 44.7 Å². The third-order valence-electron chi connectivity index (χ3n) is 5.88. The van der Waals surface area contributed by atoms with Crippen LogP contribution in [0.2, 0.25) is 0 Å². The molecule has 174 valence electrons. The van der Waals surface area contributed by atoms with Gasteiger partial charge in [-0.25, -0.2) is 0 Å². The van der Waals surface area contributed by atoms with Crippen molar-refractivity contribution in [1.29, 1.82) is 0 Å². The summed E-state index contributed by atoms with van der Waals surface area (Å²) < 4.78 is 5.55. The molecule has 0 aliphatic rings. The fraction of sp³-hybridized carbons (Fsp3) is 0.103. The first-order valence-corrected chi connectivity index (χ1v) is 12.3. The van der Waals surface area contributed by atoms with Crippen LogP contribution in [0.5, 0.6) is 5.75 Å². The number of nitrogens with one attached hydrogen (secondary N) is 1. The zero-order chi connectivity index (χ0) is 24.2. The summed E-state index contributed by atoms with van der Waals surface area (Å²) in [5.74, 6) is 0.858. The first-order chi connectivity index (χ1) is 17.1. The standard InChI is InChI=1S/C29H24N2O3S/c1-2-34-22-16-14-20(15-17-22)30-19-28-24-10-3-5-12-26(24)29(27-13-6-4-11-25(27)28)35-23-9-7-8-21(18-23)31(32)33/h3-18,30H,2,19H2,1H3. The Balaban J connectivity index is 1.57. The second-order valence-corrected chi connectivity index (χ2v) is 9.15. The van der Waals surface area contributed by atoms with E-state index in [-0.39, 0.29) is 10.6 Å². The van der Waals surface area contributed by atoms with Crippen molar-refractivity contribution in [2.45, 2.75) is 23.3 Å². The summed E-state index contributed by atoms with van der Waals surface area (Å²) in [5.41, 5.74) is 2.34. The lowest BCUT2D eigenvalue weighted by Crippen LogP contribution is -2.02. The molecule has 0 aliphatic heterocycles. The van der Waals surface area contributed by atoms with Gasteiger partial charge in [-0.2, -0.15) is 0 Å². The molecule has 0 fully saturated rings. The summed E-state index contributed by atoms with van der Waals surface area (Å²) >= 11 is 1.57. The highest BCUT2D eigenvalue weighted by Gasteiger charge is 2.16. The largest absolute Gasteiger partial charge is 0.494 e. The molecule has 0 amide bonds. The molecule has 0 bridgehead atoms. The molecule has 0 aromatic heterocycles. The predicted octanol–water partition coefficient (Wildman–Crippen LogP) is 8.06. The van der Waals surface area contributed by atoms with E-state index in [2.05, 4.69) is 41.7 Å². The maximum absolute atomic E-state index is 11.3. The van der Waals surface area contributed by atoms with Gasteiger partial charge in [0.25, 0.3) is 5.69 Å². The van der Waals surface area contributed by atoms with Gasteiger partial charge in [-0.3, -0.25) is 10.1 Å². The number of anilines is 1. The van der Waals surface area contributed by atoms with Crippen LogP contribution in [0.25, 0.3) is 21.5 Å². The Morgan fingerprint density at radius 2 is 1.46 bits per heavy atom. The quantitative estimate of drug-likeness (QED) is 0.138. The van der Waals surface area contributed by atoms with E-state index in [9.17, 15) is 10.1 Å². The van der Waals surface area contributed by atoms with Gasteiger partial charge in [-0.15, -0.1) is 0 Å². The third-order valence-corrected chi connectivity index (χ3v) is 7.01. The molecule has 0 spiro atoms. The summed E-state index contributed by atoms with van der Waals surface area (Å²) in [5, 5.41) is 19.5.